The highest BCUT2D eigenvalue weighted by atomic mass is 79.9. The van der Waals surface area contributed by atoms with E-state index in [9.17, 15) is 8.78 Å². The predicted octanol–water partition coefficient (Wildman–Crippen LogP) is 3.54. The lowest BCUT2D eigenvalue weighted by Crippen LogP contribution is -2.19. The molecule has 1 atom stereocenters. The van der Waals surface area contributed by atoms with E-state index in [0.717, 1.165) is 10.0 Å². The van der Waals surface area contributed by atoms with Gasteiger partial charge < -0.3 is 5.32 Å². The van der Waals surface area contributed by atoms with Gasteiger partial charge in [0, 0.05) is 16.9 Å². The largest absolute Gasteiger partial charge is 0.304 e. The molecule has 0 saturated carbocycles. The molecule has 0 bridgehead atoms. The maximum atomic E-state index is 12.9. The monoisotopic (exact) mass is 297 g/mol. The lowest BCUT2D eigenvalue weighted by atomic mass is 10.0. The summed E-state index contributed by atoms with van der Waals surface area (Å²) in [5.74, 6) is -2.56. The molecule has 0 amide bonds. The molecule has 1 aromatic carbocycles. The van der Waals surface area contributed by atoms with Crippen LogP contribution in [0, 0.1) is 0 Å². The summed E-state index contributed by atoms with van der Waals surface area (Å²) in [7, 11) is 0. The van der Waals surface area contributed by atoms with Crippen LogP contribution in [0.3, 0.4) is 0 Å². The van der Waals surface area contributed by atoms with Gasteiger partial charge >= 0.3 is 0 Å². The smallest absolute Gasteiger partial charge is 0.262 e. The highest BCUT2D eigenvalue weighted by molar-refractivity contribution is 9.10. The summed E-state index contributed by atoms with van der Waals surface area (Å²) in [6.45, 7) is -0.218. The highest BCUT2D eigenvalue weighted by Gasteiger charge is 2.39. The molecule has 1 nitrogen and oxygen atoms in total. The van der Waals surface area contributed by atoms with Gasteiger partial charge in [0.2, 0.25) is 0 Å². The van der Waals surface area contributed by atoms with E-state index in [4.69, 9.17) is 0 Å². The van der Waals surface area contributed by atoms with E-state index in [1.807, 2.05) is 24.3 Å². The van der Waals surface area contributed by atoms with Crippen molar-refractivity contribution >= 4 is 28.3 Å². The van der Waals surface area contributed by atoms with Gasteiger partial charge in [0.15, 0.2) is 0 Å². The van der Waals surface area contributed by atoms with Crippen LogP contribution in [0.15, 0.2) is 28.7 Å². The van der Waals surface area contributed by atoms with Crippen LogP contribution in [0.5, 0.6) is 0 Å². The molecule has 0 aromatic heterocycles. The van der Waals surface area contributed by atoms with Crippen molar-refractivity contribution < 1.29 is 8.78 Å². The number of hydrogen-bond donors (Lipinski definition) is 1. The van der Waals surface area contributed by atoms with Gasteiger partial charge in [-0.2, -0.15) is 0 Å². The van der Waals surface area contributed by atoms with Crippen LogP contribution in [-0.2, 0) is 0 Å². The summed E-state index contributed by atoms with van der Waals surface area (Å²) < 4.78 is 26.7. The van der Waals surface area contributed by atoms with Crippen molar-refractivity contribution in [3.63, 3.8) is 0 Å². The Morgan fingerprint density at radius 2 is 2.13 bits per heavy atom. The molecule has 1 aromatic rings. The minimum absolute atomic E-state index is 0. The van der Waals surface area contributed by atoms with E-state index in [0.29, 0.717) is 0 Å². The molecule has 1 N–H and O–H groups in total. The third kappa shape index (κ3) is 3.13. The molecule has 1 unspecified atom stereocenters. The number of alkyl halides is 2. The summed E-state index contributed by atoms with van der Waals surface area (Å²) in [4.78, 5) is 0. The van der Waals surface area contributed by atoms with Crippen LogP contribution in [0.1, 0.15) is 18.0 Å². The van der Waals surface area contributed by atoms with Crippen LogP contribution in [0.25, 0.3) is 0 Å². The first-order valence-electron chi connectivity index (χ1n) is 4.43. The Bertz CT molecular complexity index is 346. The quantitative estimate of drug-likeness (QED) is 0.836. The molecule has 15 heavy (non-hydrogen) atoms. The third-order valence-electron chi connectivity index (χ3n) is 2.36. The lowest BCUT2D eigenvalue weighted by molar-refractivity contribution is 0.0210. The standard InChI is InChI=1S/C10H10BrF2N.ClH/c11-8-3-1-2-7(4-8)9-5-10(12,13)6-14-9;/h1-4,9,14H,5-6H2;1H. The number of halogens is 4. The Kier molecular flexibility index (Phi) is 4.09. The van der Waals surface area contributed by atoms with Crippen molar-refractivity contribution in [2.45, 2.75) is 18.4 Å². The van der Waals surface area contributed by atoms with Gasteiger partial charge in [-0.3, -0.25) is 0 Å². The lowest BCUT2D eigenvalue weighted by Gasteiger charge is -2.10. The second kappa shape index (κ2) is 4.76. The molecule has 1 heterocycles. The topological polar surface area (TPSA) is 12.0 Å². The predicted molar refractivity (Wildman–Crippen MR) is 61.7 cm³/mol. The van der Waals surface area contributed by atoms with Crippen molar-refractivity contribution in [2.24, 2.45) is 0 Å². The fourth-order valence-electron chi connectivity index (χ4n) is 1.67. The normalized spacial score (nSPS) is 23.5. The highest BCUT2D eigenvalue weighted by Crippen LogP contribution is 2.34. The molecule has 84 valence electrons. The van der Waals surface area contributed by atoms with Gasteiger partial charge in [-0.05, 0) is 17.7 Å². The van der Waals surface area contributed by atoms with Gasteiger partial charge in [0.05, 0.1) is 6.54 Å². The van der Waals surface area contributed by atoms with E-state index in [2.05, 4.69) is 21.2 Å². The maximum absolute atomic E-state index is 12.9. The van der Waals surface area contributed by atoms with Gasteiger partial charge in [0.1, 0.15) is 0 Å². The van der Waals surface area contributed by atoms with Crippen LogP contribution >= 0.6 is 28.3 Å². The van der Waals surface area contributed by atoms with Crippen molar-refractivity contribution in [3.8, 4) is 0 Å². The van der Waals surface area contributed by atoms with Gasteiger partial charge in [-0.15, -0.1) is 12.4 Å². The first-order chi connectivity index (χ1) is 6.57. The fraction of sp³-hybridized carbons (Fsp3) is 0.400. The van der Waals surface area contributed by atoms with E-state index < -0.39 is 5.92 Å². The zero-order valence-corrected chi connectivity index (χ0v) is 10.2. The Morgan fingerprint density at radius 3 is 2.67 bits per heavy atom. The molecular formula is C10H11BrClF2N. The average Bonchev–Trinajstić information content (AvgIpc) is 2.46. The van der Waals surface area contributed by atoms with Crippen molar-refractivity contribution in [1.29, 1.82) is 0 Å². The molecule has 0 radical (unpaired) electrons. The first kappa shape index (κ1) is 12.9. The first-order valence-corrected chi connectivity index (χ1v) is 5.23. The number of benzene rings is 1. The van der Waals surface area contributed by atoms with E-state index in [-0.39, 0.29) is 31.4 Å². The minimum Gasteiger partial charge on any atom is -0.304 e. The summed E-state index contributed by atoms with van der Waals surface area (Å²) in [6.07, 6.45) is -0.108. The molecule has 1 aliphatic heterocycles. The van der Waals surface area contributed by atoms with E-state index >= 15 is 0 Å². The molecule has 1 saturated heterocycles. The van der Waals surface area contributed by atoms with Crippen molar-refractivity contribution in [1.82, 2.24) is 5.32 Å². The van der Waals surface area contributed by atoms with Crippen LogP contribution in [0.4, 0.5) is 8.78 Å². The molecular weight excluding hydrogens is 287 g/mol. The van der Waals surface area contributed by atoms with Crippen LogP contribution in [-0.4, -0.2) is 12.5 Å². The number of nitrogens with one attached hydrogen (secondary N) is 1. The van der Waals surface area contributed by atoms with Crippen LogP contribution < -0.4 is 5.32 Å². The summed E-state index contributed by atoms with van der Waals surface area (Å²) in [6, 6.07) is 7.26. The second-order valence-corrected chi connectivity index (χ2v) is 4.46. The fourth-order valence-corrected chi connectivity index (χ4v) is 2.09. The van der Waals surface area contributed by atoms with E-state index in [1.165, 1.54) is 0 Å². The van der Waals surface area contributed by atoms with Gasteiger partial charge in [-0.25, -0.2) is 8.78 Å². The molecule has 0 aliphatic carbocycles. The van der Waals surface area contributed by atoms with E-state index in [1.54, 1.807) is 0 Å². The average molecular weight is 299 g/mol. The Hall–Kier alpha value is -0.190. The summed E-state index contributed by atoms with van der Waals surface area (Å²) in [5.41, 5.74) is 0.913. The van der Waals surface area contributed by atoms with Crippen molar-refractivity contribution in [3.05, 3.63) is 34.3 Å². The molecule has 2 rings (SSSR count). The molecule has 0 spiro atoms. The summed E-state index contributed by atoms with van der Waals surface area (Å²) in [5, 5.41) is 2.82. The second-order valence-electron chi connectivity index (χ2n) is 3.55. The van der Waals surface area contributed by atoms with Gasteiger partial charge in [-0.1, -0.05) is 28.1 Å². The summed E-state index contributed by atoms with van der Waals surface area (Å²) >= 11 is 3.32. The molecule has 5 heteroatoms. The number of rotatable bonds is 1. The van der Waals surface area contributed by atoms with Gasteiger partial charge in [0.25, 0.3) is 5.92 Å². The zero-order valence-electron chi connectivity index (χ0n) is 7.84. The Labute approximate surface area is 102 Å². The number of hydrogen-bond acceptors (Lipinski definition) is 1. The Balaban J connectivity index is 0.00000112. The molecule has 1 aliphatic rings. The third-order valence-corrected chi connectivity index (χ3v) is 2.85. The maximum Gasteiger partial charge on any atom is 0.262 e. The molecule has 1 fully saturated rings. The van der Waals surface area contributed by atoms with Crippen LogP contribution in [0.2, 0.25) is 0 Å². The Morgan fingerprint density at radius 1 is 1.40 bits per heavy atom. The SMILES string of the molecule is Cl.FC1(F)CNC(c2cccc(Br)c2)C1. The minimum atomic E-state index is -2.56. The zero-order chi connectivity index (χ0) is 10.2. The van der Waals surface area contributed by atoms with Crippen molar-refractivity contribution in [2.75, 3.05) is 6.54 Å².